The third kappa shape index (κ3) is 4.69. The van der Waals surface area contributed by atoms with Crippen molar-refractivity contribution in [3.8, 4) is 10.8 Å². The minimum absolute atomic E-state index is 0.205. The minimum atomic E-state index is -0.412. The number of hydrogen-bond donors (Lipinski definition) is 1. The normalized spacial score (nSPS) is 15.9. The summed E-state index contributed by atoms with van der Waals surface area (Å²) in [7, 11) is 1.35. The molecule has 0 saturated carbocycles. The first-order chi connectivity index (χ1) is 19.1. The average Bonchev–Trinajstić information content (AvgIpc) is 3.55. The van der Waals surface area contributed by atoms with Crippen molar-refractivity contribution < 1.29 is 19.1 Å². The van der Waals surface area contributed by atoms with Crippen LogP contribution in [0.2, 0.25) is 0 Å². The molecule has 1 aliphatic heterocycles. The molecule has 1 atom stereocenters. The monoisotopic (exact) mass is 541 g/mol. The van der Waals surface area contributed by atoms with E-state index in [0.29, 0.717) is 24.4 Å². The van der Waals surface area contributed by atoms with Gasteiger partial charge in [0.1, 0.15) is 10.8 Å². The fourth-order valence-corrected chi connectivity index (χ4v) is 7.09. The summed E-state index contributed by atoms with van der Waals surface area (Å²) < 4.78 is 12.9. The van der Waals surface area contributed by atoms with E-state index in [0.717, 1.165) is 29.8 Å². The van der Waals surface area contributed by atoms with Crippen LogP contribution in [0.3, 0.4) is 0 Å². The lowest BCUT2D eigenvalue weighted by Crippen LogP contribution is -2.38. The number of carbonyl (C=O) groups excluding carboxylic acids is 2. The molecule has 1 unspecified atom stereocenters. The number of urea groups is 1. The van der Waals surface area contributed by atoms with Crippen molar-refractivity contribution in [3.63, 3.8) is 0 Å². The fourth-order valence-electron chi connectivity index (χ4n) is 5.68. The zero-order valence-electron chi connectivity index (χ0n) is 22.1. The van der Waals surface area contributed by atoms with Crippen molar-refractivity contribution in [2.45, 2.75) is 45.2 Å². The van der Waals surface area contributed by atoms with Gasteiger partial charge < -0.3 is 24.3 Å². The SMILES string of the molecule is CCOc1cccc(C2c3cccn3-c3sc4c(c3CN2C(=O)Nc2ccc(C(=O)OC)cc2)CCCC4)c1. The van der Waals surface area contributed by atoms with E-state index < -0.39 is 5.97 Å². The summed E-state index contributed by atoms with van der Waals surface area (Å²) in [5.74, 6) is 0.369. The summed E-state index contributed by atoms with van der Waals surface area (Å²) in [5, 5.41) is 4.30. The maximum absolute atomic E-state index is 14.1. The smallest absolute Gasteiger partial charge is 0.337 e. The van der Waals surface area contributed by atoms with Crippen LogP contribution in [0.1, 0.15) is 63.4 Å². The summed E-state index contributed by atoms with van der Waals surface area (Å²) in [6.07, 6.45) is 6.65. The number of thiophene rings is 1. The van der Waals surface area contributed by atoms with Gasteiger partial charge >= 0.3 is 12.0 Å². The molecule has 200 valence electrons. The van der Waals surface area contributed by atoms with Crippen molar-refractivity contribution in [1.82, 2.24) is 9.47 Å². The maximum atomic E-state index is 14.1. The summed E-state index contributed by atoms with van der Waals surface area (Å²) >= 11 is 1.87. The molecule has 2 aromatic carbocycles. The minimum Gasteiger partial charge on any atom is -0.494 e. The summed E-state index contributed by atoms with van der Waals surface area (Å²) in [6, 6.07) is 18.4. The van der Waals surface area contributed by atoms with Gasteiger partial charge in [-0.3, -0.25) is 0 Å². The molecule has 39 heavy (non-hydrogen) atoms. The van der Waals surface area contributed by atoms with Gasteiger partial charge in [0.05, 0.1) is 37.6 Å². The Hall–Kier alpha value is -4.04. The Kier molecular flexibility index (Phi) is 6.87. The van der Waals surface area contributed by atoms with Crippen molar-refractivity contribution in [3.05, 3.63) is 99.7 Å². The van der Waals surface area contributed by atoms with Gasteiger partial charge in [-0.1, -0.05) is 12.1 Å². The Labute approximate surface area is 232 Å². The lowest BCUT2D eigenvalue weighted by Gasteiger charge is -2.31. The van der Waals surface area contributed by atoms with E-state index in [-0.39, 0.29) is 12.1 Å². The molecular formula is C31H31N3O4S. The van der Waals surface area contributed by atoms with Gasteiger partial charge in [0, 0.05) is 22.3 Å². The first-order valence-electron chi connectivity index (χ1n) is 13.4. The molecule has 2 aromatic heterocycles. The van der Waals surface area contributed by atoms with Crippen LogP contribution < -0.4 is 10.1 Å². The number of amides is 2. The standard InChI is InChI=1S/C31H31N3O4S/c1-3-38-23-9-6-8-21(18-23)28-26-11-7-17-33(26)29-25(24-10-4-5-12-27(24)39-29)19-34(28)31(36)32-22-15-13-20(14-16-22)30(35)37-2/h6-9,11,13-18,28H,3-5,10,12,19H2,1-2H3,(H,32,36). The number of rotatable bonds is 5. The molecule has 0 bridgehead atoms. The van der Waals surface area contributed by atoms with Crippen LogP contribution in [0.15, 0.2) is 66.9 Å². The number of carbonyl (C=O) groups is 2. The largest absolute Gasteiger partial charge is 0.494 e. The number of fused-ring (bicyclic) bond motifs is 5. The van der Waals surface area contributed by atoms with Gasteiger partial charge in [-0.2, -0.15) is 0 Å². The number of methoxy groups -OCH3 is 1. The second-order valence-corrected chi connectivity index (χ2v) is 10.9. The van der Waals surface area contributed by atoms with E-state index in [2.05, 4.69) is 34.3 Å². The number of hydrogen-bond acceptors (Lipinski definition) is 5. The molecular weight excluding hydrogens is 510 g/mol. The first-order valence-corrected chi connectivity index (χ1v) is 14.2. The molecule has 1 N–H and O–H groups in total. The topological polar surface area (TPSA) is 72.8 Å². The number of esters is 1. The predicted octanol–water partition coefficient (Wildman–Crippen LogP) is 6.74. The lowest BCUT2D eigenvalue weighted by atomic mass is 9.95. The molecule has 2 aliphatic rings. The van der Waals surface area contributed by atoms with Gasteiger partial charge in [-0.05, 0) is 92.3 Å². The Morgan fingerprint density at radius 3 is 2.64 bits per heavy atom. The highest BCUT2D eigenvalue weighted by Gasteiger charge is 2.36. The van der Waals surface area contributed by atoms with Gasteiger partial charge in [-0.25, -0.2) is 9.59 Å². The molecule has 3 heterocycles. The molecule has 2 amide bonds. The number of anilines is 1. The number of benzene rings is 2. The number of nitrogens with zero attached hydrogens (tertiary/aromatic N) is 2. The molecule has 0 saturated heterocycles. The molecule has 0 fully saturated rings. The van der Waals surface area contributed by atoms with Crippen LogP contribution in [0.25, 0.3) is 5.00 Å². The van der Waals surface area contributed by atoms with Crippen LogP contribution in [0.5, 0.6) is 5.75 Å². The van der Waals surface area contributed by atoms with E-state index in [1.165, 1.54) is 41.0 Å². The van der Waals surface area contributed by atoms with Crippen LogP contribution in [0, 0.1) is 0 Å². The number of nitrogens with one attached hydrogen (secondary N) is 1. The van der Waals surface area contributed by atoms with Crippen molar-refractivity contribution >= 4 is 29.0 Å². The Balaban J connectivity index is 1.43. The second kappa shape index (κ2) is 10.6. The van der Waals surface area contributed by atoms with E-state index in [1.807, 2.05) is 41.4 Å². The summed E-state index contributed by atoms with van der Waals surface area (Å²) in [6.45, 7) is 3.04. The van der Waals surface area contributed by atoms with E-state index in [9.17, 15) is 9.59 Å². The van der Waals surface area contributed by atoms with Gasteiger partial charge in [0.25, 0.3) is 0 Å². The Bertz CT molecular complexity index is 1520. The maximum Gasteiger partial charge on any atom is 0.337 e. The second-order valence-electron chi connectivity index (χ2n) is 9.83. The first kappa shape index (κ1) is 25.2. The Morgan fingerprint density at radius 2 is 1.85 bits per heavy atom. The third-order valence-electron chi connectivity index (χ3n) is 7.48. The lowest BCUT2D eigenvalue weighted by molar-refractivity contribution is 0.0600. The molecule has 1 aliphatic carbocycles. The summed E-state index contributed by atoms with van der Waals surface area (Å²) in [5.41, 5.74) is 5.72. The molecule has 4 aromatic rings. The number of aromatic nitrogens is 1. The molecule has 0 radical (unpaired) electrons. The zero-order chi connectivity index (χ0) is 26.9. The molecule has 6 rings (SSSR count). The van der Waals surface area contributed by atoms with Crippen molar-refractivity contribution in [2.75, 3.05) is 19.0 Å². The molecule has 8 heteroatoms. The number of aryl methyl sites for hydroxylation is 1. The van der Waals surface area contributed by atoms with E-state index in [1.54, 1.807) is 24.3 Å². The highest BCUT2D eigenvalue weighted by atomic mass is 32.1. The molecule has 7 nitrogen and oxygen atoms in total. The predicted molar refractivity (Wildman–Crippen MR) is 152 cm³/mol. The van der Waals surface area contributed by atoms with Gasteiger partial charge in [-0.15, -0.1) is 11.3 Å². The van der Waals surface area contributed by atoms with Crippen LogP contribution in [-0.2, 0) is 24.1 Å². The van der Waals surface area contributed by atoms with Gasteiger partial charge in [0.15, 0.2) is 0 Å². The van der Waals surface area contributed by atoms with Crippen LogP contribution in [-0.4, -0.2) is 35.2 Å². The van der Waals surface area contributed by atoms with E-state index >= 15 is 0 Å². The van der Waals surface area contributed by atoms with E-state index in [4.69, 9.17) is 9.47 Å². The highest BCUT2D eigenvalue weighted by Crippen LogP contribution is 2.44. The number of ether oxygens (including phenoxy) is 2. The average molecular weight is 542 g/mol. The van der Waals surface area contributed by atoms with Crippen molar-refractivity contribution in [2.24, 2.45) is 0 Å². The highest BCUT2D eigenvalue weighted by molar-refractivity contribution is 7.15. The zero-order valence-corrected chi connectivity index (χ0v) is 22.9. The summed E-state index contributed by atoms with van der Waals surface area (Å²) in [4.78, 5) is 29.4. The van der Waals surface area contributed by atoms with Crippen LogP contribution in [0.4, 0.5) is 10.5 Å². The van der Waals surface area contributed by atoms with Gasteiger partial charge in [0.2, 0.25) is 0 Å². The molecule has 0 spiro atoms. The fraction of sp³-hybridized carbons (Fsp3) is 0.290. The quantitative estimate of drug-likeness (QED) is 0.284. The van der Waals surface area contributed by atoms with Crippen LogP contribution >= 0.6 is 11.3 Å². The Morgan fingerprint density at radius 1 is 1.03 bits per heavy atom. The third-order valence-corrected chi connectivity index (χ3v) is 8.82. The van der Waals surface area contributed by atoms with Crippen molar-refractivity contribution in [1.29, 1.82) is 0 Å².